The van der Waals surface area contributed by atoms with E-state index in [9.17, 15) is 5.21 Å². The van der Waals surface area contributed by atoms with Crippen LogP contribution in [0.3, 0.4) is 0 Å². The molecule has 86 valence electrons. The highest BCUT2D eigenvalue weighted by Crippen LogP contribution is 2.21. The highest BCUT2D eigenvalue weighted by atomic mass is 32.2. The summed E-state index contributed by atoms with van der Waals surface area (Å²) >= 11 is 1.52. The first-order valence-electron chi connectivity index (χ1n) is 5.26. The van der Waals surface area contributed by atoms with Crippen molar-refractivity contribution in [1.82, 2.24) is 4.90 Å². The van der Waals surface area contributed by atoms with Gasteiger partial charge >= 0.3 is 5.17 Å². The van der Waals surface area contributed by atoms with E-state index in [2.05, 4.69) is 30.5 Å². The van der Waals surface area contributed by atoms with Gasteiger partial charge < -0.3 is 5.21 Å². The van der Waals surface area contributed by atoms with Gasteiger partial charge in [0.2, 0.25) is 0 Å². The zero-order valence-corrected chi connectivity index (χ0v) is 10.6. The van der Waals surface area contributed by atoms with Crippen LogP contribution < -0.4 is 4.73 Å². The summed E-state index contributed by atoms with van der Waals surface area (Å²) in [5, 5.41) is 13.4. The van der Waals surface area contributed by atoms with Crippen molar-refractivity contribution in [3.63, 3.8) is 0 Å². The Morgan fingerprint density at radius 3 is 2.81 bits per heavy atom. The number of pyridine rings is 1. The maximum Gasteiger partial charge on any atom is 0.319 e. The van der Waals surface area contributed by atoms with Crippen molar-refractivity contribution in [1.29, 1.82) is 0 Å². The Morgan fingerprint density at radius 2 is 2.25 bits per heavy atom. The molecule has 0 radical (unpaired) electrons. The zero-order valence-electron chi connectivity index (χ0n) is 9.75. The van der Waals surface area contributed by atoms with Crippen LogP contribution in [0.15, 0.2) is 29.4 Å². The summed E-state index contributed by atoms with van der Waals surface area (Å²) in [6, 6.07) is 5.97. The topological polar surface area (TPSA) is 33.2 Å². The van der Waals surface area contributed by atoms with Crippen LogP contribution in [0.2, 0.25) is 0 Å². The van der Waals surface area contributed by atoms with E-state index in [0.29, 0.717) is 11.1 Å². The van der Waals surface area contributed by atoms with E-state index < -0.39 is 0 Å². The van der Waals surface area contributed by atoms with Crippen molar-refractivity contribution >= 4 is 16.9 Å². The lowest BCUT2D eigenvalue weighted by molar-refractivity contribution is -0.645. The van der Waals surface area contributed by atoms with Crippen LogP contribution in [-0.4, -0.2) is 41.3 Å². The Labute approximate surface area is 99.8 Å². The highest BCUT2D eigenvalue weighted by molar-refractivity contribution is 8.13. The molecule has 1 aromatic heterocycles. The molecule has 0 fully saturated rings. The third kappa shape index (κ3) is 2.00. The molecule has 0 aromatic carbocycles. The van der Waals surface area contributed by atoms with Gasteiger partial charge in [-0.05, 0) is 13.0 Å². The summed E-state index contributed by atoms with van der Waals surface area (Å²) in [6.45, 7) is 3.19. The van der Waals surface area contributed by atoms with Crippen LogP contribution in [0.1, 0.15) is 6.92 Å². The lowest BCUT2D eigenvalue weighted by atomic mass is 10.3. The molecular formula is C11H16N3OS+. The van der Waals surface area contributed by atoms with Crippen molar-refractivity contribution in [2.75, 3.05) is 20.6 Å². The van der Waals surface area contributed by atoms with Gasteiger partial charge in [0.15, 0.2) is 6.20 Å². The van der Waals surface area contributed by atoms with E-state index in [0.717, 1.165) is 16.4 Å². The molecule has 0 amide bonds. The maximum absolute atomic E-state index is 11.5. The Bertz CT molecular complexity index is 433. The second-order valence-corrected chi connectivity index (χ2v) is 5.08. The molecule has 0 spiro atoms. The SMILES string of the molecule is C[C@@H]1C[N+](C)=C(Sc2cccc[n+]2[O-])N1C. The lowest BCUT2D eigenvalue weighted by Gasteiger charge is -2.10. The van der Waals surface area contributed by atoms with Crippen molar-refractivity contribution in [2.24, 2.45) is 0 Å². The number of nitrogens with zero attached hydrogens (tertiary/aromatic N) is 3. The van der Waals surface area contributed by atoms with Gasteiger partial charge in [-0.25, -0.2) is 0 Å². The third-order valence-electron chi connectivity index (χ3n) is 2.81. The van der Waals surface area contributed by atoms with Gasteiger partial charge in [-0.3, -0.25) is 9.48 Å². The van der Waals surface area contributed by atoms with Gasteiger partial charge in [-0.1, -0.05) is 0 Å². The average molecular weight is 238 g/mol. The Morgan fingerprint density at radius 1 is 1.50 bits per heavy atom. The van der Waals surface area contributed by atoms with Gasteiger partial charge in [0.25, 0.3) is 5.03 Å². The molecule has 2 rings (SSSR count). The van der Waals surface area contributed by atoms with E-state index >= 15 is 0 Å². The van der Waals surface area contributed by atoms with Crippen LogP contribution in [0.4, 0.5) is 0 Å². The molecule has 0 saturated carbocycles. The highest BCUT2D eigenvalue weighted by Gasteiger charge is 2.34. The first kappa shape index (κ1) is 11.3. The van der Waals surface area contributed by atoms with Gasteiger partial charge in [-0.15, -0.1) is 0 Å². The van der Waals surface area contributed by atoms with Gasteiger partial charge in [-0.2, -0.15) is 4.73 Å². The number of thioether (sulfide) groups is 1. The molecule has 2 heterocycles. The first-order valence-corrected chi connectivity index (χ1v) is 6.08. The van der Waals surface area contributed by atoms with Crippen molar-refractivity contribution < 1.29 is 9.31 Å². The third-order valence-corrected chi connectivity index (χ3v) is 4.12. The summed E-state index contributed by atoms with van der Waals surface area (Å²) in [7, 11) is 4.12. The largest absolute Gasteiger partial charge is 0.618 e. The normalized spacial score (nSPS) is 20.7. The predicted octanol–water partition coefficient (Wildman–Crippen LogP) is 0.744. The molecule has 0 N–H and O–H groups in total. The second kappa shape index (κ2) is 4.33. The molecule has 4 nitrogen and oxygen atoms in total. The number of amidine groups is 1. The fraction of sp³-hybridized carbons (Fsp3) is 0.455. The monoisotopic (exact) mass is 238 g/mol. The first-order chi connectivity index (χ1) is 7.59. The summed E-state index contributed by atoms with van der Waals surface area (Å²) in [4.78, 5) is 2.21. The molecule has 16 heavy (non-hydrogen) atoms. The molecule has 1 atom stereocenters. The van der Waals surface area contributed by atoms with Crippen LogP contribution in [0.25, 0.3) is 0 Å². The van der Waals surface area contributed by atoms with Gasteiger partial charge in [0.05, 0.1) is 25.9 Å². The van der Waals surface area contributed by atoms with E-state index in [4.69, 9.17) is 0 Å². The molecule has 1 aliphatic rings. The molecule has 0 aliphatic carbocycles. The second-order valence-electron chi connectivity index (χ2n) is 4.09. The molecule has 1 aliphatic heterocycles. The minimum atomic E-state index is 0.497. The predicted molar refractivity (Wildman–Crippen MR) is 64.5 cm³/mol. The fourth-order valence-corrected chi connectivity index (χ4v) is 2.83. The summed E-state index contributed by atoms with van der Waals surface area (Å²) in [6.07, 6.45) is 1.53. The van der Waals surface area contributed by atoms with Crippen molar-refractivity contribution in [3.05, 3.63) is 29.6 Å². The number of aromatic nitrogens is 1. The standard InChI is InChI=1S/C11H16N3OS/c1-9-8-12(2)11(13(9)3)16-10-6-4-5-7-14(10)15/h4-7,9H,8H2,1-3H3/q+1/t9-/m1/s1. The summed E-state index contributed by atoms with van der Waals surface area (Å²) in [5.74, 6) is 0. The Hall–Kier alpha value is -1.23. The van der Waals surface area contributed by atoms with E-state index in [-0.39, 0.29) is 0 Å². The number of rotatable bonds is 1. The molecule has 1 aromatic rings. The summed E-state index contributed by atoms with van der Waals surface area (Å²) < 4.78 is 3.09. The molecule has 0 saturated heterocycles. The maximum atomic E-state index is 11.5. The fourth-order valence-electron chi connectivity index (χ4n) is 1.79. The smallest absolute Gasteiger partial charge is 0.319 e. The Balaban J connectivity index is 2.23. The number of likely N-dealkylation sites (N-methyl/N-ethyl adjacent to an activating group) is 2. The number of hydrogen-bond acceptors (Lipinski definition) is 3. The Kier molecular flexibility index (Phi) is 3.05. The van der Waals surface area contributed by atoms with Crippen LogP contribution in [0.5, 0.6) is 0 Å². The van der Waals surface area contributed by atoms with Crippen LogP contribution in [-0.2, 0) is 0 Å². The minimum Gasteiger partial charge on any atom is -0.618 e. The van der Waals surface area contributed by atoms with E-state index in [1.807, 2.05) is 12.1 Å². The lowest BCUT2D eigenvalue weighted by Crippen LogP contribution is -2.32. The van der Waals surface area contributed by atoms with Crippen LogP contribution >= 0.6 is 11.8 Å². The molecule has 0 unspecified atom stereocenters. The van der Waals surface area contributed by atoms with Gasteiger partial charge in [0.1, 0.15) is 12.6 Å². The summed E-state index contributed by atoms with van der Waals surface area (Å²) in [5.41, 5.74) is 0. The quantitative estimate of drug-likeness (QED) is 0.534. The minimum absolute atomic E-state index is 0.497. The van der Waals surface area contributed by atoms with Crippen molar-refractivity contribution in [2.45, 2.75) is 18.0 Å². The zero-order chi connectivity index (χ0) is 11.7. The van der Waals surface area contributed by atoms with E-state index in [1.165, 1.54) is 18.0 Å². The number of hydrogen-bond donors (Lipinski definition) is 0. The molecular weight excluding hydrogens is 222 g/mol. The van der Waals surface area contributed by atoms with Crippen LogP contribution in [0, 0.1) is 5.21 Å². The average Bonchev–Trinajstić information content (AvgIpc) is 2.48. The van der Waals surface area contributed by atoms with Crippen molar-refractivity contribution in [3.8, 4) is 0 Å². The molecule has 5 heteroatoms. The molecule has 0 bridgehead atoms. The van der Waals surface area contributed by atoms with Gasteiger partial charge in [0, 0.05) is 12.1 Å². The van der Waals surface area contributed by atoms with E-state index in [1.54, 1.807) is 6.07 Å².